The van der Waals surface area contributed by atoms with Crippen molar-refractivity contribution in [3.05, 3.63) is 23.8 Å². The molecular formula is C14H23NO2. The molecule has 1 N–H and O–H groups in total. The van der Waals surface area contributed by atoms with Gasteiger partial charge in [-0.25, -0.2) is 0 Å². The van der Waals surface area contributed by atoms with Gasteiger partial charge in [0.15, 0.2) is 0 Å². The molecule has 1 aromatic rings. The van der Waals surface area contributed by atoms with Crippen molar-refractivity contribution < 1.29 is 9.47 Å². The highest BCUT2D eigenvalue weighted by Crippen LogP contribution is 2.33. The fraction of sp³-hybridized carbons (Fsp3) is 0.571. The fourth-order valence-corrected chi connectivity index (χ4v) is 1.70. The van der Waals surface area contributed by atoms with E-state index in [1.165, 1.54) is 5.56 Å². The molecule has 0 aliphatic rings. The van der Waals surface area contributed by atoms with E-state index in [1.807, 2.05) is 12.1 Å². The number of nitrogens with one attached hydrogen (secondary N) is 1. The Morgan fingerprint density at radius 2 is 1.88 bits per heavy atom. The number of benzene rings is 1. The third-order valence-corrected chi connectivity index (χ3v) is 2.64. The van der Waals surface area contributed by atoms with Crippen molar-refractivity contribution in [3.63, 3.8) is 0 Å². The monoisotopic (exact) mass is 237 g/mol. The Morgan fingerprint density at radius 1 is 1.18 bits per heavy atom. The zero-order chi connectivity index (χ0) is 12.9. The number of anilines is 1. The molecule has 1 aromatic carbocycles. The van der Waals surface area contributed by atoms with Gasteiger partial charge >= 0.3 is 0 Å². The van der Waals surface area contributed by atoms with Gasteiger partial charge in [-0.2, -0.15) is 0 Å². The summed E-state index contributed by atoms with van der Waals surface area (Å²) in [6.07, 6.45) is 0. The maximum absolute atomic E-state index is 5.40. The van der Waals surface area contributed by atoms with Crippen molar-refractivity contribution in [3.8, 4) is 5.75 Å². The Kier molecular flexibility index (Phi) is 4.82. The molecule has 0 aliphatic heterocycles. The average molecular weight is 237 g/mol. The molecule has 0 atom stereocenters. The number of hydrogen-bond acceptors (Lipinski definition) is 3. The molecule has 3 nitrogen and oxygen atoms in total. The lowest BCUT2D eigenvalue weighted by atomic mass is 9.86. The van der Waals surface area contributed by atoms with Crippen molar-refractivity contribution in [1.29, 1.82) is 0 Å². The van der Waals surface area contributed by atoms with Gasteiger partial charge in [-0.05, 0) is 23.6 Å². The topological polar surface area (TPSA) is 30.5 Å². The van der Waals surface area contributed by atoms with E-state index in [9.17, 15) is 0 Å². The van der Waals surface area contributed by atoms with Crippen LogP contribution < -0.4 is 10.1 Å². The van der Waals surface area contributed by atoms with Crippen molar-refractivity contribution in [2.45, 2.75) is 26.2 Å². The summed E-state index contributed by atoms with van der Waals surface area (Å²) in [4.78, 5) is 0. The van der Waals surface area contributed by atoms with Crippen LogP contribution in [0, 0.1) is 0 Å². The standard InChI is InChI=1S/C14H23NO2/c1-14(2,3)12-10-11(15-8-9-16-4)6-7-13(12)17-5/h6-7,10,15H,8-9H2,1-5H3. The van der Waals surface area contributed by atoms with Crippen LogP contribution in [0.3, 0.4) is 0 Å². The van der Waals surface area contributed by atoms with Crippen molar-refractivity contribution >= 4 is 5.69 Å². The summed E-state index contributed by atoms with van der Waals surface area (Å²) in [6.45, 7) is 8.07. The maximum atomic E-state index is 5.40. The Hall–Kier alpha value is -1.22. The Morgan fingerprint density at radius 3 is 2.41 bits per heavy atom. The predicted molar refractivity (Wildman–Crippen MR) is 72.1 cm³/mol. The van der Waals surface area contributed by atoms with Crippen LogP contribution in [0.25, 0.3) is 0 Å². The molecule has 1 rings (SSSR count). The SMILES string of the molecule is COCCNc1ccc(OC)c(C(C)(C)C)c1. The third kappa shape index (κ3) is 3.93. The van der Waals surface area contributed by atoms with Gasteiger partial charge in [0.2, 0.25) is 0 Å². The van der Waals surface area contributed by atoms with E-state index >= 15 is 0 Å². The van der Waals surface area contributed by atoms with Gasteiger partial charge in [-0.3, -0.25) is 0 Å². The first kappa shape index (κ1) is 13.8. The lowest BCUT2D eigenvalue weighted by molar-refractivity contribution is 0.211. The molecule has 0 heterocycles. The van der Waals surface area contributed by atoms with Crippen LogP contribution in [0.15, 0.2) is 18.2 Å². The highest BCUT2D eigenvalue weighted by molar-refractivity contribution is 5.53. The minimum atomic E-state index is 0.0737. The minimum absolute atomic E-state index is 0.0737. The molecule has 0 radical (unpaired) electrons. The van der Waals surface area contributed by atoms with Gasteiger partial charge in [0, 0.05) is 24.9 Å². The van der Waals surface area contributed by atoms with Crippen molar-refractivity contribution in [1.82, 2.24) is 0 Å². The van der Waals surface area contributed by atoms with Crippen LogP contribution in [0.1, 0.15) is 26.3 Å². The average Bonchev–Trinajstić information content (AvgIpc) is 2.28. The first-order valence-corrected chi connectivity index (χ1v) is 5.90. The summed E-state index contributed by atoms with van der Waals surface area (Å²) in [5.41, 5.74) is 2.39. The van der Waals surface area contributed by atoms with E-state index in [-0.39, 0.29) is 5.41 Å². The smallest absolute Gasteiger partial charge is 0.122 e. The van der Waals surface area contributed by atoms with Crippen LogP contribution >= 0.6 is 0 Å². The van der Waals surface area contributed by atoms with E-state index in [1.54, 1.807) is 14.2 Å². The zero-order valence-corrected chi connectivity index (χ0v) is 11.5. The van der Waals surface area contributed by atoms with E-state index < -0.39 is 0 Å². The molecule has 96 valence electrons. The second-order valence-electron chi connectivity index (χ2n) is 5.08. The summed E-state index contributed by atoms with van der Waals surface area (Å²) in [7, 11) is 3.42. The molecular weight excluding hydrogens is 214 g/mol. The molecule has 0 unspecified atom stereocenters. The summed E-state index contributed by atoms with van der Waals surface area (Å²) >= 11 is 0. The second kappa shape index (κ2) is 5.92. The quantitative estimate of drug-likeness (QED) is 0.798. The van der Waals surface area contributed by atoms with Gasteiger partial charge in [0.25, 0.3) is 0 Å². The summed E-state index contributed by atoms with van der Waals surface area (Å²) in [6, 6.07) is 6.19. The van der Waals surface area contributed by atoms with Crippen molar-refractivity contribution in [2.24, 2.45) is 0 Å². The first-order chi connectivity index (χ1) is 7.99. The molecule has 0 bridgehead atoms. The molecule has 0 aliphatic carbocycles. The van der Waals surface area contributed by atoms with E-state index in [2.05, 4.69) is 32.2 Å². The van der Waals surface area contributed by atoms with Gasteiger partial charge in [-0.1, -0.05) is 20.8 Å². The summed E-state index contributed by atoms with van der Waals surface area (Å²) < 4.78 is 10.4. The highest BCUT2D eigenvalue weighted by Gasteiger charge is 2.19. The molecule has 0 fully saturated rings. The zero-order valence-electron chi connectivity index (χ0n) is 11.5. The number of hydrogen-bond donors (Lipinski definition) is 1. The summed E-state index contributed by atoms with van der Waals surface area (Å²) in [5.74, 6) is 0.940. The van der Waals surface area contributed by atoms with Crippen LogP contribution in [-0.2, 0) is 10.2 Å². The molecule has 0 saturated carbocycles. The van der Waals surface area contributed by atoms with E-state index in [0.29, 0.717) is 6.61 Å². The molecule has 0 spiro atoms. The van der Waals surface area contributed by atoms with Crippen LogP contribution in [0.5, 0.6) is 5.75 Å². The van der Waals surface area contributed by atoms with Crippen LogP contribution in [0.2, 0.25) is 0 Å². The number of rotatable bonds is 5. The van der Waals surface area contributed by atoms with Gasteiger partial charge < -0.3 is 14.8 Å². The van der Waals surface area contributed by atoms with E-state index in [0.717, 1.165) is 18.0 Å². The second-order valence-corrected chi connectivity index (χ2v) is 5.08. The maximum Gasteiger partial charge on any atom is 0.122 e. The third-order valence-electron chi connectivity index (χ3n) is 2.64. The fourth-order valence-electron chi connectivity index (χ4n) is 1.70. The van der Waals surface area contributed by atoms with Gasteiger partial charge in [-0.15, -0.1) is 0 Å². The minimum Gasteiger partial charge on any atom is -0.496 e. The van der Waals surface area contributed by atoms with Crippen LogP contribution in [-0.4, -0.2) is 27.4 Å². The normalized spacial score (nSPS) is 11.4. The highest BCUT2D eigenvalue weighted by atomic mass is 16.5. The largest absolute Gasteiger partial charge is 0.496 e. The van der Waals surface area contributed by atoms with E-state index in [4.69, 9.17) is 9.47 Å². The number of methoxy groups -OCH3 is 2. The Balaban J connectivity index is 2.89. The number of ether oxygens (including phenoxy) is 2. The summed E-state index contributed by atoms with van der Waals surface area (Å²) in [5, 5.41) is 3.33. The molecule has 0 aromatic heterocycles. The Bertz CT molecular complexity index is 356. The first-order valence-electron chi connectivity index (χ1n) is 5.90. The predicted octanol–water partition coefficient (Wildman–Crippen LogP) is 3.05. The molecule has 0 amide bonds. The van der Waals surface area contributed by atoms with Gasteiger partial charge in [0.1, 0.15) is 5.75 Å². The lowest BCUT2D eigenvalue weighted by Crippen LogP contribution is -2.14. The molecule has 0 saturated heterocycles. The van der Waals surface area contributed by atoms with Crippen molar-refractivity contribution in [2.75, 3.05) is 32.7 Å². The lowest BCUT2D eigenvalue weighted by Gasteiger charge is -2.23. The van der Waals surface area contributed by atoms with Gasteiger partial charge in [0.05, 0.1) is 13.7 Å². The van der Waals surface area contributed by atoms with Crippen LogP contribution in [0.4, 0.5) is 5.69 Å². The molecule has 3 heteroatoms. The molecule has 17 heavy (non-hydrogen) atoms. The Labute approximate surface area is 104 Å².